The molecule has 2 N–H and O–H groups in total. The fourth-order valence-electron chi connectivity index (χ4n) is 2.60. The molecule has 0 aromatic rings. The van der Waals surface area contributed by atoms with Crippen molar-refractivity contribution in [3.8, 4) is 0 Å². The number of unbranched alkanes of at least 4 members (excludes halogenated alkanes) is 1. The molecule has 0 heterocycles. The standard InChI is InChI=1S/C24H37NO2/c1-4-7-8-9-10-11-12-13-14-15-16-17-18-19-23(26)25-22-24(27,20-5-2)21-6-3/h4,7-13,16-19,27H,5-6,14-15,20-22H2,1-3H3,(H,25,26). The molecule has 0 bridgehead atoms. The van der Waals surface area contributed by atoms with Gasteiger partial charge in [-0.25, -0.2) is 0 Å². The Balaban J connectivity index is 4.01. The second-order valence-electron chi connectivity index (χ2n) is 6.53. The quantitative estimate of drug-likeness (QED) is 0.238. The van der Waals surface area contributed by atoms with Gasteiger partial charge in [0.05, 0.1) is 5.60 Å². The van der Waals surface area contributed by atoms with Crippen LogP contribution in [-0.4, -0.2) is 23.2 Å². The van der Waals surface area contributed by atoms with Crippen molar-refractivity contribution in [3.05, 3.63) is 72.9 Å². The van der Waals surface area contributed by atoms with Gasteiger partial charge in [-0.15, -0.1) is 0 Å². The Morgan fingerprint density at radius 1 is 0.852 bits per heavy atom. The monoisotopic (exact) mass is 371 g/mol. The van der Waals surface area contributed by atoms with Crippen LogP contribution in [0, 0.1) is 0 Å². The number of carbonyl (C=O) groups excluding carboxylic acids is 1. The number of carbonyl (C=O) groups is 1. The molecule has 0 saturated carbocycles. The van der Waals surface area contributed by atoms with Gasteiger partial charge in [-0.1, -0.05) is 93.5 Å². The number of nitrogens with one attached hydrogen (secondary N) is 1. The fraction of sp³-hybridized carbons (Fsp3) is 0.458. The summed E-state index contributed by atoms with van der Waals surface area (Å²) in [4.78, 5) is 11.8. The highest BCUT2D eigenvalue weighted by molar-refractivity contribution is 5.87. The van der Waals surface area contributed by atoms with Crippen molar-refractivity contribution in [3.63, 3.8) is 0 Å². The van der Waals surface area contributed by atoms with Crippen molar-refractivity contribution in [2.75, 3.05) is 6.54 Å². The third-order valence-corrected chi connectivity index (χ3v) is 3.90. The Kier molecular flexibility index (Phi) is 15.9. The highest BCUT2D eigenvalue weighted by atomic mass is 16.3. The first-order valence-electron chi connectivity index (χ1n) is 10.0. The lowest BCUT2D eigenvalue weighted by atomic mass is 9.92. The minimum Gasteiger partial charge on any atom is -0.388 e. The van der Waals surface area contributed by atoms with Gasteiger partial charge >= 0.3 is 0 Å². The summed E-state index contributed by atoms with van der Waals surface area (Å²) in [6.45, 7) is 6.38. The van der Waals surface area contributed by atoms with Crippen LogP contribution >= 0.6 is 0 Å². The molecular formula is C24H37NO2. The van der Waals surface area contributed by atoms with E-state index in [2.05, 4.69) is 11.4 Å². The van der Waals surface area contributed by atoms with Crippen molar-refractivity contribution in [2.45, 2.75) is 64.9 Å². The largest absolute Gasteiger partial charge is 0.388 e. The van der Waals surface area contributed by atoms with Crippen molar-refractivity contribution in [2.24, 2.45) is 0 Å². The zero-order valence-corrected chi connectivity index (χ0v) is 17.2. The van der Waals surface area contributed by atoms with E-state index >= 15 is 0 Å². The second-order valence-corrected chi connectivity index (χ2v) is 6.53. The van der Waals surface area contributed by atoms with Gasteiger partial charge in [0.25, 0.3) is 0 Å². The maximum absolute atomic E-state index is 11.8. The number of amides is 1. The summed E-state index contributed by atoms with van der Waals surface area (Å²) in [5.41, 5.74) is -0.786. The third-order valence-electron chi connectivity index (χ3n) is 3.90. The summed E-state index contributed by atoms with van der Waals surface area (Å²) in [7, 11) is 0. The third kappa shape index (κ3) is 15.8. The smallest absolute Gasteiger partial charge is 0.244 e. The van der Waals surface area contributed by atoms with Gasteiger partial charge in [0.1, 0.15) is 0 Å². The summed E-state index contributed by atoms with van der Waals surface area (Å²) in [6, 6.07) is 0. The van der Waals surface area contributed by atoms with Crippen LogP contribution in [0.4, 0.5) is 0 Å². The van der Waals surface area contributed by atoms with E-state index < -0.39 is 5.60 Å². The molecule has 0 rings (SSSR count). The summed E-state index contributed by atoms with van der Waals surface area (Å²) in [5, 5.41) is 13.3. The Morgan fingerprint density at radius 3 is 1.93 bits per heavy atom. The van der Waals surface area contributed by atoms with Crippen molar-refractivity contribution < 1.29 is 9.90 Å². The Morgan fingerprint density at radius 2 is 1.37 bits per heavy atom. The molecule has 0 aromatic heterocycles. The first kappa shape index (κ1) is 24.9. The molecule has 0 unspecified atom stereocenters. The summed E-state index contributed by atoms with van der Waals surface area (Å²) in [6.07, 6.45) is 28.4. The van der Waals surface area contributed by atoms with Crippen LogP contribution in [0.2, 0.25) is 0 Å². The van der Waals surface area contributed by atoms with E-state index in [1.54, 1.807) is 6.08 Å². The van der Waals surface area contributed by atoms with E-state index in [1.165, 1.54) is 6.08 Å². The predicted molar refractivity (Wildman–Crippen MR) is 118 cm³/mol. The van der Waals surface area contributed by atoms with Crippen LogP contribution < -0.4 is 5.32 Å². The Hall–Kier alpha value is -2.13. The fourth-order valence-corrected chi connectivity index (χ4v) is 2.60. The van der Waals surface area contributed by atoms with Crippen LogP contribution in [0.1, 0.15) is 59.3 Å². The normalized spacial score (nSPS) is 13.5. The number of rotatable bonds is 14. The number of allylic oxidation sites excluding steroid dienone is 11. The topological polar surface area (TPSA) is 49.3 Å². The molecule has 150 valence electrons. The average molecular weight is 372 g/mol. The molecule has 0 aliphatic carbocycles. The number of hydrogen-bond donors (Lipinski definition) is 2. The van der Waals surface area contributed by atoms with Crippen LogP contribution in [0.25, 0.3) is 0 Å². The molecule has 0 saturated heterocycles. The molecule has 0 radical (unpaired) electrons. The Bertz CT molecular complexity index is 545. The lowest BCUT2D eigenvalue weighted by Crippen LogP contribution is -2.42. The summed E-state index contributed by atoms with van der Waals surface area (Å²) < 4.78 is 0. The number of hydrogen-bond acceptors (Lipinski definition) is 2. The van der Waals surface area contributed by atoms with Gasteiger partial charge in [-0.3, -0.25) is 4.79 Å². The van der Waals surface area contributed by atoms with Gasteiger partial charge in [0.15, 0.2) is 0 Å². The van der Waals surface area contributed by atoms with Gasteiger partial charge in [-0.05, 0) is 32.6 Å². The molecule has 27 heavy (non-hydrogen) atoms. The lowest BCUT2D eigenvalue weighted by Gasteiger charge is -2.27. The minimum atomic E-state index is -0.786. The molecule has 3 nitrogen and oxygen atoms in total. The van der Waals surface area contributed by atoms with E-state index in [4.69, 9.17) is 0 Å². The molecule has 0 atom stereocenters. The lowest BCUT2D eigenvalue weighted by molar-refractivity contribution is -0.117. The number of aliphatic hydroxyl groups is 1. The van der Waals surface area contributed by atoms with Gasteiger partial charge in [0, 0.05) is 12.6 Å². The average Bonchev–Trinajstić information content (AvgIpc) is 2.64. The second kappa shape index (κ2) is 17.3. The molecule has 0 aliphatic heterocycles. The molecular weight excluding hydrogens is 334 g/mol. The van der Waals surface area contributed by atoms with Gasteiger partial charge in [0.2, 0.25) is 5.91 Å². The van der Waals surface area contributed by atoms with Crippen LogP contribution in [0.5, 0.6) is 0 Å². The van der Waals surface area contributed by atoms with Crippen molar-refractivity contribution >= 4 is 5.91 Å². The van der Waals surface area contributed by atoms with E-state index in [0.717, 1.165) is 25.7 Å². The predicted octanol–water partition coefficient (Wildman–Crippen LogP) is 5.57. The maximum Gasteiger partial charge on any atom is 0.244 e. The van der Waals surface area contributed by atoms with Crippen molar-refractivity contribution in [1.82, 2.24) is 5.32 Å². The van der Waals surface area contributed by atoms with Gasteiger partial charge in [-0.2, -0.15) is 0 Å². The zero-order chi connectivity index (χ0) is 20.2. The first-order valence-corrected chi connectivity index (χ1v) is 10.0. The van der Waals surface area contributed by atoms with E-state index in [0.29, 0.717) is 19.4 Å². The van der Waals surface area contributed by atoms with E-state index in [-0.39, 0.29) is 5.91 Å². The highest BCUT2D eigenvalue weighted by Crippen LogP contribution is 2.18. The highest BCUT2D eigenvalue weighted by Gasteiger charge is 2.24. The van der Waals surface area contributed by atoms with E-state index in [1.807, 2.05) is 75.5 Å². The SMILES string of the molecule is CC=CC=CC=CC=CCCC=CC=CC(=O)NCC(O)(CCC)CCC. The summed E-state index contributed by atoms with van der Waals surface area (Å²) >= 11 is 0. The molecule has 0 aromatic carbocycles. The molecule has 3 heteroatoms. The van der Waals surface area contributed by atoms with Crippen molar-refractivity contribution in [1.29, 1.82) is 0 Å². The summed E-state index contributed by atoms with van der Waals surface area (Å²) in [5.74, 6) is -0.165. The first-order chi connectivity index (χ1) is 13.1. The van der Waals surface area contributed by atoms with Gasteiger partial charge < -0.3 is 10.4 Å². The minimum absolute atomic E-state index is 0.165. The van der Waals surface area contributed by atoms with Crippen LogP contribution in [0.15, 0.2) is 72.9 Å². The van der Waals surface area contributed by atoms with Crippen LogP contribution in [0.3, 0.4) is 0 Å². The molecule has 1 amide bonds. The van der Waals surface area contributed by atoms with Crippen LogP contribution in [-0.2, 0) is 4.79 Å². The molecule has 0 fully saturated rings. The maximum atomic E-state index is 11.8. The molecule has 0 spiro atoms. The molecule has 0 aliphatic rings. The Labute approximate surface area is 166 Å². The zero-order valence-electron chi connectivity index (χ0n) is 17.2. The van der Waals surface area contributed by atoms with E-state index in [9.17, 15) is 9.90 Å².